The van der Waals surface area contributed by atoms with Crippen molar-refractivity contribution in [1.29, 1.82) is 0 Å². The number of thiazole rings is 1. The van der Waals surface area contributed by atoms with E-state index in [-0.39, 0.29) is 10.7 Å². The van der Waals surface area contributed by atoms with Gasteiger partial charge in [-0.2, -0.15) is 9.38 Å². The number of hydrogen-bond donors (Lipinski definition) is 0. The molecule has 7 heteroatoms. The first kappa shape index (κ1) is 14.5. The summed E-state index contributed by atoms with van der Waals surface area (Å²) < 4.78 is 1.53. The Morgan fingerprint density at radius 1 is 1.41 bits per heavy atom. The number of aryl methyl sites for hydroxylation is 2. The summed E-state index contributed by atoms with van der Waals surface area (Å²) in [6.45, 7) is 4.68. The van der Waals surface area contributed by atoms with Crippen LogP contribution in [0.4, 0.5) is 11.6 Å². The van der Waals surface area contributed by atoms with Crippen LogP contribution in [0.5, 0.6) is 0 Å². The minimum Gasteiger partial charge on any atom is -0.358 e. The Bertz CT molecular complexity index is 852. The van der Waals surface area contributed by atoms with Crippen molar-refractivity contribution in [3.8, 4) is 0 Å². The molecule has 22 heavy (non-hydrogen) atoms. The SMILES string of the molecule is Cc1ccc(CN(C)c2nc3sccn3c2[N+](=O)[O-])c(C)c1. The van der Waals surface area contributed by atoms with Crippen LogP contribution in [0.1, 0.15) is 16.7 Å². The smallest absolute Gasteiger partial charge is 0.358 e. The largest absolute Gasteiger partial charge is 0.373 e. The van der Waals surface area contributed by atoms with Crippen LogP contribution in [0.25, 0.3) is 4.96 Å². The highest BCUT2D eigenvalue weighted by Crippen LogP contribution is 2.31. The van der Waals surface area contributed by atoms with Crippen molar-refractivity contribution in [3.05, 3.63) is 56.6 Å². The third-order valence-electron chi connectivity index (χ3n) is 3.66. The number of nitrogens with zero attached hydrogens (tertiary/aromatic N) is 4. The lowest BCUT2D eigenvalue weighted by Gasteiger charge is -2.17. The maximum absolute atomic E-state index is 11.4. The van der Waals surface area contributed by atoms with Gasteiger partial charge in [-0.25, -0.2) is 0 Å². The number of nitro groups is 1. The Labute approximate surface area is 131 Å². The minimum absolute atomic E-state index is 0.0171. The molecule has 0 unspecified atom stereocenters. The van der Waals surface area contributed by atoms with Gasteiger partial charge in [0.25, 0.3) is 4.96 Å². The van der Waals surface area contributed by atoms with Gasteiger partial charge in [-0.3, -0.25) is 0 Å². The molecule has 2 aromatic heterocycles. The number of imidazole rings is 1. The number of hydrogen-bond acceptors (Lipinski definition) is 5. The van der Waals surface area contributed by atoms with Gasteiger partial charge >= 0.3 is 5.82 Å². The third kappa shape index (κ3) is 2.43. The van der Waals surface area contributed by atoms with E-state index in [1.807, 2.05) is 11.9 Å². The van der Waals surface area contributed by atoms with E-state index in [2.05, 4.69) is 37.0 Å². The highest BCUT2D eigenvalue weighted by Gasteiger charge is 2.26. The third-order valence-corrected chi connectivity index (χ3v) is 4.42. The predicted octanol–water partition coefficient (Wildman–Crippen LogP) is 3.56. The summed E-state index contributed by atoms with van der Waals surface area (Å²) in [6.07, 6.45) is 1.68. The minimum atomic E-state index is -0.374. The number of rotatable bonds is 4. The van der Waals surface area contributed by atoms with Crippen LogP contribution >= 0.6 is 11.3 Å². The summed E-state index contributed by atoms with van der Waals surface area (Å²) in [5.41, 5.74) is 3.52. The molecule has 0 saturated heterocycles. The van der Waals surface area contributed by atoms with Gasteiger partial charge in [0.05, 0.1) is 0 Å². The van der Waals surface area contributed by atoms with Crippen molar-refractivity contribution in [2.24, 2.45) is 0 Å². The fourth-order valence-electron chi connectivity index (χ4n) is 2.54. The quantitative estimate of drug-likeness (QED) is 0.545. The Morgan fingerprint density at radius 3 is 2.86 bits per heavy atom. The number of fused-ring (bicyclic) bond motifs is 1. The van der Waals surface area contributed by atoms with Crippen LogP contribution in [0.2, 0.25) is 0 Å². The highest BCUT2D eigenvalue weighted by molar-refractivity contribution is 7.15. The molecule has 0 amide bonds. The summed E-state index contributed by atoms with van der Waals surface area (Å²) in [6, 6.07) is 6.23. The van der Waals surface area contributed by atoms with Crippen molar-refractivity contribution in [3.63, 3.8) is 0 Å². The molecule has 0 saturated carbocycles. The van der Waals surface area contributed by atoms with E-state index in [0.29, 0.717) is 17.3 Å². The van der Waals surface area contributed by atoms with Crippen molar-refractivity contribution in [2.75, 3.05) is 11.9 Å². The molecule has 0 spiro atoms. The van der Waals surface area contributed by atoms with Crippen molar-refractivity contribution in [2.45, 2.75) is 20.4 Å². The van der Waals surface area contributed by atoms with E-state index in [1.165, 1.54) is 26.9 Å². The lowest BCUT2D eigenvalue weighted by atomic mass is 10.1. The fraction of sp³-hybridized carbons (Fsp3) is 0.267. The van der Waals surface area contributed by atoms with Crippen LogP contribution in [-0.4, -0.2) is 21.4 Å². The summed E-state index contributed by atoms with van der Waals surface area (Å²) in [5.74, 6) is 0.417. The molecule has 3 rings (SSSR count). The lowest BCUT2D eigenvalue weighted by Crippen LogP contribution is -2.18. The van der Waals surface area contributed by atoms with Gasteiger partial charge in [-0.15, -0.1) is 0 Å². The van der Waals surface area contributed by atoms with Gasteiger partial charge in [-0.1, -0.05) is 35.1 Å². The second kappa shape index (κ2) is 5.42. The van der Waals surface area contributed by atoms with Crippen LogP contribution in [0.15, 0.2) is 29.8 Å². The van der Waals surface area contributed by atoms with E-state index in [9.17, 15) is 10.1 Å². The van der Waals surface area contributed by atoms with Crippen molar-refractivity contribution >= 4 is 27.9 Å². The maximum atomic E-state index is 11.4. The normalized spacial score (nSPS) is 11.0. The number of benzene rings is 1. The van der Waals surface area contributed by atoms with Gasteiger partial charge in [0, 0.05) is 19.0 Å². The molecule has 114 valence electrons. The molecule has 0 aliphatic heterocycles. The van der Waals surface area contributed by atoms with Crippen LogP contribution in [-0.2, 0) is 6.54 Å². The fourth-order valence-corrected chi connectivity index (χ4v) is 3.25. The average molecular weight is 316 g/mol. The monoisotopic (exact) mass is 316 g/mol. The van der Waals surface area contributed by atoms with Crippen LogP contribution in [0, 0.1) is 24.0 Å². The summed E-state index contributed by atoms with van der Waals surface area (Å²) in [7, 11) is 1.83. The molecular weight excluding hydrogens is 300 g/mol. The van der Waals surface area contributed by atoms with Gasteiger partial charge in [0.15, 0.2) is 0 Å². The molecule has 0 fully saturated rings. The van der Waals surface area contributed by atoms with E-state index < -0.39 is 0 Å². The standard InChI is InChI=1S/C15H16N4O2S/c1-10-4-5-12(11(2)8-10)9-17(3)13-14(19(20)21)18-6-7-22-15(18)16-13/h4-8H,9H2,1-3H3. The summed E-state index contributed by atoms with van der Waals surface area (Å²) >= 11 is 1.39. The van der Waals surface area contributed by atoms with E-state index in [0.717, 1.165) is 5.56 Å². The van der Waals surface area contributed by atoms with Gasteiger partial charge < -0.3 is 15.0 Å². The van der Waals surface area contributed by atoms with Gasteiger partial charge in [-0.05, 0) is 29.9 Å². The Morgan fingerprint density at radius 2 is 2.18 bits per heavy atom. The molecule has 0 bridgehead atoms. The number of aromatic nitrogens is 2. The second-order valence-electron chi connectivity index (χ2n) is 5.36. The highest BCUT2D eigenvalue weighted by atomic mass is 32.1. The summed E-state index contributed by atoms with van der Waals surface area (Å²) in [4.78, 5) is 17.9. The molecular formula is C15H16N4O2S. The molecule has 2 heterocycles. The zero-order valence-electron chi connectivity index (χ0n) is 12.6. The predicted molar refractivity (Wildman–Crippen MR) is 87.7 cm³/mol. The Kier molecular flexibility index (Phi) is 3.58. The first-order valence-electron chi connectivity index (χ1n) is 6.84. The second-order valence-corrected chi connectivity index (χ2v) is 6.23. The van der Waals surface area contributed by atoms with Gasteiger partial charge in [0.2, 0.25) is 5.82 Å². The molecule has 0 aliphatic carbocycles. The molecule has 6 nitrogen and oxygen atoms in total. The topological polar surface area (TPSA) is 63.7 Å². The first-order chi connectivity index (χ1) is 10.5. The molecule has 1 aromatic carbocycles. The van der Waals surface area contributed by atoms with E-state index in [1.54, 1.807) is 11.6 Å². The zero-order valence-corrected chi connectivity index (χ0v) is 13.4. The molecule has 0 atom stereocenters. The lowest BCUT2D eigenvalue weighted by molar-refractivity contribution is -0.389. The van der Waals surface area contributed by atoms with Crippen molar-refractivity contribution < 1.29 is 4.92 Å². The van der Waals surface area contributed by atoms with Crippen LogP contribution < -0.4 is 4.90 Å². The molecule has 0 N–H and O–H groups in total. The average Bonchev–Trinajstić information content (AvgIpc) is 3.01. The van der Waals surface area contributed by atoms with Gasteiger partial charge in [0.1, 0.15) is 6.20 Å². The molecule has 0 radical (unpaired) electrons. The first-order valence-corrected chi connectivity index (χ1v) is 7.72. The van der Waals surface area contributed by atoms with E-state index >= 15 is 0 Å². The zero-order chi connectivity index (χ0) is 15.9. The maximum Gasteiger partial charge on any atom is 0.373 e. The van der Waals surface area contributed by atoms with Crippen molar-refractivity contribution in [1.82, 2.24) is 9.38 Å². The van der Waals surface area contributed by atoms with Crippen LogP contribution in [0.3, 0.4) is 0 Å². The molecule has 3 aromatic rings. The Hall–Kier alpha value is -2.41. The van der Waals surface area contributed by atoms with E-state index in [4.69, 9.17) is 0 Å². The molecule has 0 aliphatic rings. The Balaban J connectivity index is 1.98. The summed E-state index contributed by atoms with van der Waals surface area (Å²) in [5, 5.41) is 13.2. The number of anilines is 1.